The van der Waals surface area contributed by atoms with Crippen molar-refractivity contribution in [3.63, 3.8) is 0 Å². The van der Waals surface area contributed by atoms with Gasteiger partial charge in [-0.2, -0.15) is 11.8 Å². The van der Waals surface area contributed by atoms with Crippen LogP contribution in [-0.2, 0) is 14.4 Å². The minimum atomic E-state index is -1.10. The lowest BCUT2D eigenvalue weighted by Gasteiger charge is -2.30. The smallest absolute Gasteiger partial charge is 0.326 e. The maximum atomic E-state index is 11.5. The number of piperidine rings is 1. The number of carbonyl (C=O) groups excluding carboxylic acids is 2. The van der Waals surface area contributed by atoms with E-state index in [4.69, 9.17) is 5.11 Å². The first-order valence-corrected chi connectivity index (χ1v) is 6.54. The van der Waals surface area contributed by atoms with Gasteiger partial charge in [-0.25, -0.2) is 4.79 Å². The van der Waals surface area contributed by atoms with Crippen LogP contribution in [0, 0.1) is 0 Å². The van der Waals surface area contributed by atoms with Gasteiger partial charge in [0.2, 0.25) is 11.8 Å². The van der Waals surface area contributed by atoms with E-state index in [2.05, 4.69) is 0 Å². The molecule has 0 saturated carbocycles. The molecule has 2 amide bonds. The van der Waals surface area contributed by atoms with Crippen molar-refractivity contribution >= 4 is 29.5 Å². The predicted octanol–water partition coefficient (Wildman–Crippen LogP) is 0.732. The van der Waals surface area contributed by atoms with Crippen molar-refractivity contribution in [2.45, 2.75) is 31.7 Å². The summed E-state index contributed by atoms with van der Waals surface area (Å²) in [6.45, 7) is 0. The van der Waals surface area contributed by atoms with Crippen LogP contribution in [0.3, 0.4) is 0 Å². The quantitative estimate of drug-likeness (QED) is 0.723. The summed E-state index contributed by atoms with van der Waals surface area (Å²) in [5.41, 5.74) is 0. The topological polar surface area (TPSA) is 74.7 Å². The molecule has 16 heavy (non-hydrogen) atoms. The fourth-order valence-corrected chi connectivity index (χ4v) is 2.17. The number of carboxylic acid groups (broad SMARTS) is 1. The lowest BCUT2D eigenvalue weighted by molar-refractivity contribution is -0.160. The van der Waals surface area contributed by atoms with Gasteiger partial charge in [0, 0.05) is 12.8 Å². The highest BCUT2D eigenvalue weighted by Gasteiger charge is 2.36. The molecule has 0 aromatic carbocycles. The Balaban J connectivity index is 2.78. The average Bonchev–Trinajstić information content (AvgIpc) is 2.21. The van der Waals surface area contributed by atoms with Crippen molar-refractivity contribution in [1.82, 2.24) is 4.90 Å². The van der Waals surface area contributed by atoms with Crippen molar-refractivity contribution in [3.05, 3.63) is 0 Å². The summed E-state index contributed by atoms with van der Waals surface area (Å²) in [6.07, 6.45) is 3.25. The summed E-state index contributed by atoms with van der Waals surface area (Å²) in [5.74, 6) is -1.19. The third-order valence-corrected chi connectivity index (χ3v) is 3.15. The number of carboxylic acids is 1. The normalized spacial score (nSPS) is 18.7. The Kier molecular flexibility index (Phi) is 4.79. The number of nitrogens with zero attached hydrogens (tertiary/aromatic N) is 1. The van der Waals surface area contributed by atoms with Gasteiger partial charge >= 0.3 is 5.97 Å². The van der Waals surface area contributed by atoms with Crippen molar-refractivity contribution < 1.29 is 19.5 Å². The molecular formula is C10H15NO4S. The zero-order valence-electron chi connectivity index (χ0n) is 9.14. The number of thioether (sulfide) groups is 1. The number of hydrogen-bond acceptors (Lipinski definition) is 4. The van der Waals surface area contributed by atoms with Gasteiger partial charge in [0.25, 0.3) is 0 Å². The molecule has 1 unspecified atom stereocenters. The van der Waals surface area contributed by atoms with Crippen LogP contribution in [0.2, 0.25) is 0 Å². The third-order valence-electron chi connectivity index (χ3n) is 2.51. The van der Waals surface area contributed by atoms with E-state index in [-0.39, 0.29) is 24.7 Å². The second-order valence-corrected chi connectivity index (χ2v) is 4.63. The summed E-state index contributed by atoms with van der Waals surface area (Å²) in [6, 6.07) is -0.993. The van der Waals surface area contributed by atoms with Gasteiger partial charge in [-0.1, -0.05) is 0 Å². The fourth-order valence-electron chi connectivity index (χ4n) is 1.71. The molecule has 0 radical (unpaired) electrons. The Hall–Kier alpha value is -1.04. The van der Waals surface area contributed by atoms with Crippen molar-refractivity contribution in [2.24, 2.45) is 0 Å². The van der Waals surface area contributed by atoms with E-state index in [1.54, 1.807) is 0 Å². The minimum absolute atomic E-state index is 0.273. The number of hydrogen-bond donors (Lipinski definition) is 1. The standard InChI is InChI=1S/C10H15NO4S/c1-16-6-5-7(10(14)15)11-8(12)3-2-4-9(11)13/h7H,2-6H2,1H3,(H,14,15). The molecule has 0 spiro atoms. The van der Waals surface area contributed by atoms with Crippen LogP contribution in [0.5, 0.6) is 0 Å². The lowest BCUT2D eigenvalue weighted by Crippen LogP contribution is -2.50. The molecule has 1 rings (SSSR count). The summed E-state index contributed by atoms with van der Waals surface area (Å²) >= 11 is 1.50. The second kappa shape index (κ2) is 5.89. The zero-order chi connectivity index (χ0) is 12.1. The van der Waals surface area contributed by atoms with Gasteiger partial charge < -0.3 is 5.11 Å². The highest BCUT2D eigenvalue weighted by atomic mass is 32.2. The minimum Gasteiger partial charge on any atom is -0.480 e. The van der Waals surface area contributed by atoms with E-state index in [0.29, 0.717) is 18.6 Å². The van der Waals surface area contributed by atoms with Gasteiger partial charge in [-0.05, 0) is 24.9 Å². The first-order chi connectivity index (χ1) is 7.57. The number of likely N-dealkylation sites (tertiary alicyclic amines) is 1. The molecule has 1 saturated heterocycles. The Morgan fingerprint density at radius 2 is 2.00 bits per heavy atom. The van der Waals surface area contributed by atoms with Gasteiger partial charge in [-0.3, -0.25) is 14.5 Å². The maximum Gasteiger partial charge on any atom is 0.326 e. The van der Waals surface area contributed by atoms with Crippen LogP contribution >= 0.6 is 11.8 Å². The molecular weight excluding hydrogens is 230 g/mol. The molecule has 0 aliphatic carbocycles. The molecule has 6 heteroatoms. The molecule has 1 atom stereocenters. The molecule has 1 aliphatic rings. The van der Waals surface area contributed by atoms with E-state index < -0.39 is 12.0 Å². The number of rotatable bonds is 5. The summed E-state index contributed by atoms with van der Waals surface area (Å²) in [4.78, 5) is 35.1. The zero-order valence-corrected chi connectivity index (χ0v) is 9.96. The number of amides is 2. The molecule has 0 aromatic heterocycles. The molecule has 1 fully saturated rings. The highest BCUT2D eigenvalue weighted by molar-refractivity contribution is 7.98. The summed E-state index contributed by atoms with van der Waals surface area (Å²) in [5, 5.41) is 9.03. The van der Waals surface area contributed by atoms with E-state index in [1.807, 2.05) is 6.26 Å². The number of aliphatic carboxylic acids is 1. The van der Waals surface area contributed by atoms with E-state index >= 15 is 0 Å². The lowest BCUT2D eigenvalue weighted by atomic mass is 10.1. The molecule has 1 heterocycles. The third kappa shape index (κ3) is 2.98. The highest BCUT2D eigenvalue weighted by Crippen LogP contribution is 2.18. The van der Waals surface area contributed by atoms with Gasteiger partial charge in [-0.15, -0.1) is 0 Å². The Bertz CT molecular complexity index is 289. The molecule has 1 aliphatic heterocycles. The Morgan fingerprint density at radius 3 is 2.44 bits per heavy atom. The molecule has 5 nitrogen and oxygen atoms in total. The first-order valence-electron chi connectivity index (χ1n) is 5.14. The summed E-state index contributed by atoms with van der Waals surface area (Å²) in [7, 11) is 0. The molecule has 90 valence electrons. The van der Waals surface area contributed by atoms with Crippen molar-refractivity contribution in [3.8, 4) is 0 Å². The van der Waals surface area contributed by atoms with Crippen molar-refractivity contribution in [2.75, 3.05) is 12.0 Å². The van der Waals surface area contributed by atoms with Gasteiger partial charge in [0.05, 0.1) is 0 Å². The van der Waals surface area contributed by atoms with Gasteiger partial charge in [0.15, 0.2) is 0 Å². The van der Waals surface area contributed by atoms with Crippen LogP contribution in [0.15, 0.2) is 0 Å². The number of imide groups is 1. The Labute approximate surface area is 98.2 Å². The summed E-state index contributed by atoms with van der Waals surface area (Å²) < 4.78 is 0. The SMILES string of the molecule is CSCCC(C(=O)O)N1C(=O)CCCC1=O. The van der Waals surface area contributed by atoms with Crippen LogP contribution in [-0.4, -0.2) is 45.8 Å². The monoisotopic (exact) mass is 245 g/mol. The van der Waals surface area contributed by atoms with E-state index in [0.717, 1.165) is 4.90 Å². The fraction of sp³-hybridized carbons (Fsp3) is 0.700. The van der Waals surface area contributed by atoms with E-state index in [1.165, 1.54) is 11.8 Å². The molecule has 1 N–H and O–H groups in total. The van der Waals surface area contributed by atoms with Crippen LogP contribution in [0.25, 0.3) is 0 Å². The molecule has 0 aromatic rings. The molecule has 0 bridgehead atoms. The number of carbonyl (C=O) groups is 3. The maximum absolute atomic E-state index is 11.5. The second-order valence-electron chi connectivity index (χ2n) is 3.65. The predicted molar refractivity (Wildman–Crippen MR) is 60.1 cm³/mol. The first kappa shape index (κ1) is 13.0. The van der Waals surface area contributed by atoms with E-state index in [9.17, 15) is 14.4 Å². The van der Waals surface area contributed by atoms with Crippen LogP contribution in [0.4, 0.5) is 0 Å². The van der Waals surface area contributed by atoms with Crippen LogP contribution in [0.1, 0.15) is 25.7 Å². The largest absolute Gasteiger partial charge is 0.480 e. The van der Waals surface area contributed by atoms with Gasteiger partial charge in [0.1, 0.15) is 6.04 Å². The van der Waals surface area contributed by atoms with Crippen LogP contribution < -0.4 is 0 Å². The Morgan fingerprint density at radius 1 is 1.44 bits per heavy atom. The average molecular weight is 245 g/mol. The van der Waals surface area contributed by atoms with Crippen molar-refractivity contribution in [1.29, 1.82) is 0 Å².